The first-order chi connectivity index (χ1) is 9.45. The highest BCUT2D eigenvalue weighted by Gasteiger charge is 2.32. The van der Waals surface area contributed by atoms with Crippen LogP contribution in [0.15, 0.2) is 12.1 Å². The molecule has 0 bridgehead atoms. The molecule has 1 unspecified atom stereocenters. The minimum atomic E-state index is -1.18. The van der Waals surface area contributed by atoms with Gasteiger partial charge in [0.05, 0.1) is 18.7 Å². The number of carboxylic acid groups (broad SMARTS) is 1. The smallest absolute Gasteiger partial charge is 0.407 e. The quantitative estimate of drug-likeness (QED) is 0.848. The molecule has 108 valence electrons. The Labute approximate surface area is 113 Å². The van der Waals surface area contributed by atoms with Crippen LogP contribution in [0.2, 0.25) is 0 Å². The Morgan fingerprint density at radius 2 is 2.05 bits per heavy atom. The van der Waals surface area contributed by atoms with Gasteiger partial charge in [0.15, 0.2) is 0 Å². The third kappa shape index (κ3) is 2.43. The van der Waals surface area contributed by atoms with E-state index in [1.807, 2.05) is 0 Å². The van der Waals surface area contributed by atoms with Crippen LogP contribution in [-0.4, -0.2) is 35.7 Å². The largest absolute Gasteiger partial charge is 0.465 e. The highest BCUT2D eigenvalue weighted by molar-refractivity contribution is 5.89. The molecule has 1 aromatic rings. The fourth-order valence-corrected chi connectivity index (χ4v) is 2.40. The molecule has 5 nitrogen and oxygen atoms in total. The van der Waals surface area contributed by atoms with Gasteiger partial charge in [-0.25, -0.2) is 18.4 Å². The first-order valence-electron chi connectivity index (χ1n) is 6.02. The molecule has 1 aromatic carbocycles. The lowest BCUT2D eigenvalue weighted by atomic mass is 10.0. The Balaban J connectivity index is 2.41. The van der Waals surface area contributed by atoms with E-state index in [9.17, 15) is 18.4 Å². The molecule has 0 aromatic heterocycles. The van der Waals surface area contributed by atoms with Gasteiger partial charge in [-0.15, -0.1) is 0 Å². The van der Waals surface area contributed by atoms with Gasteiger partial charge in [-0.3, -0.25) is 0 Å². The summed E-state index contributed by atoms with van der Waals surface area (Å²) >= 11 is 0. The summed E-state index contributed by atoms with van der Waals surface area (Å²) in [6.07, 6.45) is -0.179. The number of rotatable bonds is 2. The molecule has 1 atom stereocenters. The summed E-state index contributed by atoms with van der Waals surface area (Å²) in [6, 6.07) is 0.885. The number of esters is 1. The Hall–Kier alpha value is -2.18. The number of carbonyl (C=O) groups excluding carboxylic acids is 1. The predicted octanol–water partition coefficient (Wildman–Crippen LogP) is 2.57. The zero-order valence-electron chi connectivity index (χ0n) is 10.7. The number of hydrogen-bond acceptors (Lipinski definition) is 3. The second-order valence-electron chi connectivity index (χ2n) is 4.48. The third-order valence-corrected chi connectivity index (χ3v) is 3.35. The first-order valence-corrected chi connectivity index (χ1v) is 6.02. The average molecular weight is 285 g/mol. The lowest BCUT2D eigenvalue weighted by molar-refractivity contribution is 0.0594. The maximum atomic E-state index is 14.0. The van der Waals surface area contributed by atoms with Crippen LogP contribution in [0.4, 0.5) is 13.6 Å². The second kappa shape index (κ2) is 5.44. The van der Waals surface area contributed by atoms with Gasteiger partial charge < -0.3 is 14.7 Å². The molecule has 1 aliphatic heterocycles. The molecular formula is C13H13F2NO4. The van der Waals surface area contributed by atoms with Crippen LogP contribution in [0, 0.1) is 11.6 Å². The SMILES string of the molecule is COC(=O)c1cc(F)c(C2CCCN2C(=O)O)cc1F. The number of likely N-dealkylation sites (tertiary alicyclic amines) is 1. The molecule has 0 spiro atoms. The van der Waals surface area contributed by atoms with Crippen molar-refractivity contribution in [3.63, 3.8) is 0 Å². The minimum absolute atomic E-state index is 0.0601. The van der Waals surface area contributed by atoms with Gasteiger partial charge in [-0.1, -0.05) is 0 Å². The third-order valence-electron chi connectivity index (χ3n) is 3.35. The van der Waals surface area contributed by atoms with E-state index in [1.54, 1.807) is 0 Å². The number of hydrogen-bond donors (Lipinski definition) is 1. The van der Waals surface area contributed by atoms with Gasteiger partial charge in [0.1, 0.15) is 11.6 Å². The highest BCUT2D eigenvalue weighted by Crippen LogP contribution is 2.34. The van der Waals surface area contributed by atoms with E-state index in [1.165, 1.54) is 0 Å². The Kier molecular flexibility index (Phi) is 3.87. The zero-order chi connectivity index (χ0) is 14.9. The highest BCUT2D eigenvalue weighted by atomic mass is 19.1. The van der Waals surface area contributed by atoms with Crippen molar-refractivity contribution in [2.24, 2.45) is 0 Å². The molecule has 7 heteroatoms. The van der Waals surface area contributed by atoms with Crippen molar-refractivity contribution in [2.75, 3.05) is 13.7 Å². The maximum absolute atomic E-state index is 14.0. The average Bonchev–Trinajstić information content (AvgIpc) is 2.89. The molecule has 20 heavy (non-hydrogen) atoms. The topological polar surface area (TPSA) is 66.8 Å². The van der Waals surface area contributed by atoms with Crippen LogP contribution in [0.3, 0.4) is 0 Å². The second-order valence-corrected chi connectivity index (χ2v) is 4.48. The summed E-state index contributed by atoms with van der Waals surface area (Å²) in [7, 11) is 1.07. The predicted molar refractivity (Wildman–Crippen MR) is 64.4 cm³/mol. The Bertz CT molecular complexity index is 562. The summed E-state index contributed by atoms with van der Waals surface area (Å²) < 4.78 is 32.2. The van der Waals surface area contributed by atoms with E-state index >= 15 is 0 Å². The van der Waals surface area contributed by atoms with E-state index in [2.05, 4.69) is 4.74 Å². The number of ether oxygens (including phenoxy) is 1. The first kappa shape index (κ1) is 14.2. The van der Waals surface area contributed by atoms with Crippen LogP contribution in [0.5, 0.6) is 0 Å². The van der Waals surface area contributed by atoms with Crippen molar-refractivity contribution in [2.45, 2.75) is 18.9 Å². The van der Waals surface area contributed by atoms with Gasteiger partial charge in [-0.2, -0.15) is 0 Å². The fourth-order valence-electron chi connectivity index (χ4n) is 2.40. The summed E-state index contributed by atoms with van der Waals surface area (Å²) in [5.41, 5.74) is -0.566. The van der Waals surface area contributed by atoms with Gasteiger partial charge in [0.25, 0.3) is 0 Å². The molecule has 2 rings (SSSR count). The lowest BCUT2D eigenvalue weighted by Crippen LogP contribution is -2.29. The van der Waals surface area contributed by atoms with Crippen LogP contribution in [0.25, 0.3) is 0 Å². The number of benzene rings is 1. The molecule has 0 saturated carbocycles. The van der Waals surface area contributed by atoms with E-state index < -0.39 is 35.3 Å². The van der Waals surface area contributed by atoms with Crippen molar-refractivity contribution in [1.29, 1.82) is 0 Å². The summed E-state index contributed by atoms with van der Waals surface area (Å²) in [4.78, 5) is 23.4. The molecule has 1 N–H and O–H groups in total. The lowest BCUT2D eigenvalue weighted by Gasteiger charge is -2.22. The molecule has 1 amide bonds. The van der Waals surface area contributed by atoms with Crippen molar-refractivity contribution in [1.82, 2.24) is 4.90 Å². The van der Waals surface area contributed by atoms with Crippen LogP contribution in [0.1, 0.15) is 34.8 Å². The number of halogens is 2. The number of methoxy groups -OCH3 is 1. The zero-order valence-corrected chi connectivity index (χ0v) is 10.7. The molecule has 1 aliphatic rings. The van der Waals surface area contributed by atoms with Crippen LogP contribution in [-0.2, 0) is 4.74 Å². The van der Waals surface area contributed by atoms with Crippen LogP contribution < -0.4 is 0 Å². The van der Waals surface area contributed by atoms with E-state index in [0.717, 1.165) is 24.1 Å². The number of amides is 1. The van der Waals surface area contributed by atoms with Gasteiger partial charge in [0.2, 0.25) is 0 Å². The number of carbonyl (C=O) groups is 2. The normalized spacial score (nSPS) is 18.1. The monoisotopic (exact) mass is 285 g/mol. The molecule has 1 saturated heterocycles. The van der Waals surface area contributed by atoms with Crippen molar-refractivity contribution < 1.29 is 28.2 Å². The van der Waals surface area contributed by atoms with Crippen molar-refractivity contribution in [3.8, 4) is 0 Å². The Morgan fingerprint density at radius 3 is 2.65 bits per heavy atom. The summed E-state index contributed by atoms with van der Waals surface area (Å²) in [6.45, 7) is 0.278. The number of nitrogens with zero attached hydrogens (tertiary/aromatic N) is 1. The molecule has 0 aliphatic carbocycles. The standard InChI is InChI=1S/C13H13F2NO4/c1-20-12(17)8-6-9(14)7(5-10(8)15)11-3-2-4-16(11)13(18)19/h5-6,11H,2-4H2,1H3,(H,18,19). The van der Waals surface area contributed by atoms with Crippen molar-refractivity contribution in [3.05, 3.63) is 34.9 Å². The van der Waals surface area contributed by atoms with Gasteiger partial charge in [0, 0.05) is 12.1 Å². The summed E-state index contributed by atoms with van der Waals surface area (Å²) in [5, 5.41) is 9.02. The minimum Gasteiger partial charge on any atom is -0.465 e. The van der Waals surface area contributed by atoms with Crippen LogP contribution >= 0.6 is 0 Å². The summed E-state index contributed by atoms with van der Waals surface area (Å²) in [5.74, 6) is -2.72. The van der Waals surface area contributed by atoms with E-state index in [-0.39, 0.29) is 12.1 Å². The molecule has 1 fully saturated rings. The van der Waals surface area contributed by atoms with Gasteiger partial charge in [-0.05, 0) is 25.0 Å². The molecular weight excluding hydrogens is 272 g/mol. The van der Waals surface area contributed by atoms with E-state index in [0.29, 0.717) is 12.8 Å². The molecule has 1 heterocycles. The Morgan fingerprint density at radius 1 is 1.35 bits per heavy atom. The van der Waals surface area contributed by atoms with Crippen molar-refractivity contribution >= 4 is 12.1 Å². The fraction of sp³-hybridized carbons (Fsp3) is 0.385. The van der Waals surface area contributed by atoms with E-state index in [4.69, 9.17) is 5.11 Å². The maximum Gasteiger partial charge on any atom is 0.407 e. The molecule has 0 radical (unpaired) electrons. The van der Waals surface area contributed by atoms with Gasteiger partial charge >= 0.3 is 12.1 Å².